The van der Waals surface area contributed by atoms with Crippen molar-refractivity contribution < 1.29 is 9.53 Å². The number of unbranched alkanes of at least 4 members (excludes halogenated alkanes) is 3. The van der Waals surface area contributed by atoms with Crippen LogP contribution in [0.4, 0.5) is 0 Å². The van der Waals surface area contributed by atoms with Crippen molar-refractivity contribution in [2.75, 3.05) is 6.61 Å². The summed E-state index contributed by atoms with van der Waals surface area (Å²) in [7, 11) is 0. The van der Waals surface area contributed by atoms with Crippen LogP contribution in [0.2, 0.25) is 0 Å². The van der Waals surface area contributed by atoms with Gasteiger partial charge in [-0.25, -0.2) is 10.4 Å². The molecule has 3 aromatic rings. The maximum atomic E-state index is 12.5. The largest absolute Gasteiger partial charge is 0.494 e. The van der Waals surface area contributed by atoms with E-state index in [9.17, 15) is 4.79 Å². The van der Waals surface area contributed by atoms with Crippen molar-refractivity contribution in [3.8, 4) is 16.3 Å². The zero-order valence-corrected chi connectivity index (χ0v) is 18.2. The fourth-order valence-corrected chi connectivity index (χ4v) is 3.86. The number of thiazole rings is 1. The van der Waals surface area contributed by atoms with Gasteiger partial charge in [0.1, 0.15) is 15.6 Å². The number of nitrogens with zero attached hydrogens (tertiary/aromatic N) is 2. The number of carbonyl (C=O) groups is 1. The molecule has 0 aliphatic heterocycles. The normalized spacial score (nSPS) is 11.0. The van der Waals surface area contributed by atoms with Crippen LogP contribution in [0.15, 0.2) is 59.7 Å². The summed E-state index contributed by atoms with van der Waals surface area (Å²) in [5.41, 5.74) is 5.18. The highest BCUT2D eigenvalue weighted by atomic mass is 32.1. The predicted octanol–water partition coefficient (Wildman–Crippen LogP) is 5.84. The highest BCUT2D eigenvalue weighted by molar-refractivity contribution is 7.17. The Hall–Kier alpha value is -2.99. The van der Waals surface area contributed by atoms with Crippen LogP contribution in [-0.4, -0.2) is 23.7 Å². The minimum atomic E-state index is -0.254. The highest BCUT2D eigenvalue weighted by Crippen LogP contribution is 2.27. The molecule has 0 atom stereocenters. The number of aryl methyl sites for hydroxylation is 1. The van der Waals surface area contributed by atoms with E-state index < -0.39 is 0 Å². The Bertz CT molecular complexity index is 966. The second-order valence-corrected chi connectivity index (χ2v) is 7.98. The van der Waals surface area contributed by atoms with E-state index in [2.05, 4.69) is 22.4 Å². The third-order valence-electron chi connectivity index (χ3n) is 4.55. The summed E-state index contributed by atoms with van der Waals surface area (Å²) in [5.74, 6) is 0.594. The minimum absolute atomic E-state index is 0.254. The highest BCUT2D eigenvalue weighted by Gasteiger charge is 2.15. The molecule has 0 radical (unpaired) electrons. The lowest BCUT2D eigenvalue weighted by Gasteiger charge is -2.05. The van der Waals surface area contributed by atoms with Gasteiger partial charge in [-0.2, -0.15) is 5.10 Å². The van der Waals surface area contributed by atoms with Gasteiger partial charge in [-0.05, 0) is 43.2 Å². The molecule has 2 aromatic carbocycles. The number of hydrogen-bond donors (Lipinski definition) is 1. The molecule has 0 fully saturated rings. The van der Waals surface area contributed by atoms with Crippen molar-refractivity contribution in [1.29, 1.82) is 0 Å². The molecule has 0 aliphatic rings. The maximum Gasteiger partial charge on any atom is 0.283 e. The molecule has 1 amide bonds. The van der Waals surface area contributed by atoms with E-state index in [1.54, 1.807) is 6.21 Å². The molecule has 3 rings (SSSR count). The number of hydrazone groups is 1. The number of rotatable bonds is 10. The van der Waals surface area contributed by atoms with Crippen molar-refractivity contribution in [3.05, 3.63) is 70.7 Å². The number of aromatic nitrogens is 1. The second kappa shape index (κ2) is 11.3. The molecule has 0 unspecified atom stereocenters. The van der Waals surface area contributed by atoms with Crippen LogP contribution in [0, 0.1) is 6.92 Å². The lowest BCUT2D eigenvalue weighted by Crippen LogP contribution is -2.17. The molecule has 156 valence electrons. The van der Waals surface area contributed by atoms with Crippen LogP contribution >= 0.6 is 11.3 Å². The van der Waals surface area contributed by atoms with E-state index in [1.807, 2.05) is 61.5 Å². The zero-order chi connectivity index (χ0) is 21.2. The second-order valence-electron chi connectivity index (χ2n) is 6.98. The smallest absolute Gasteiger partial charge is 0.283 e. The molecule has 1 aromatic heterocycles. The Labute approximate surface area is 181 Å². The topological polar surface area (TPSA) is 63.6 Å². The van der Waals surface area contributed by atoms with Crippen LogP contribution in [0.5, 0.6) is 5.75 Å². The summed E-state index contributed by atoms with van der Waals surface area (Å²) in [6, 6.07) is 17.5. The molecule has 0 saturated carbocycles. The molecule has 0 saturated heterocycles. The number of amides is 1. The molecule has 5 nitrogen and oxygen atoms in total. The third kappa shape index (κ3) is 6.26. The first kappa shape index (κ1) is 21.7. The van der Waals surface area contributed by atoms with Gasteiger partial charge in [0.2, 0.25) is 0 Å². The van der Waals surface area contributed by atoms with E-state index >= 15 is 0 Å². The van der Waals surface area contributed by atoms with Gasteiger partial charge in [0, 0.05) is 5.56 Å². The van der Waals surface area contributed by atoms with Crippen molar-refractivity contribution in [1.82, 2.24) is 10.4 Å². The standard InChI is InChI=1S/C24H27N3O2S/c1-3-4-5-9-16-29-21-14-12-19(13-15-21)17-25-27-23(28)22-18(2)26-24(30-22)20-10-7-6-8-11-20/h6-8,10-15,17H,3-5,9,16H2,1-2H3,(H,27,28)/b25-17+. The molecule has 0 bridgehead atoms. The first-order chi connectivity index (χ1) is 14.7. The van der Waals surface area contributed by atoms with Gasteiger partial charge in [0.15, 0.2) is 0 Å². The van der Waals surface area contributed by atoms with Gasteiger partial charge in [-0.1, -0.05) is 56.5 Å². The molecule has 6 heteroatoms. The summed E-state index contributed by atoms with van der Waals surface area (Å²) in [6.07, 6.45) is 6.37. The van der Waals surface area contributed by atoms with Crippen molar-refractivity contribution in [2.24, 2.45) is 5.10 Å². The van der Waals surface area contributed by atoms with Crippen molar-refractivity contribution in [3.63, 3.8) is 0 Å². The average molecular weight is 422 g/mol. The number of nitrogens with one attached hydrogen (secondary N) is 1. The van der Waals surface area contributed by atoms with Gasteiger partial charge in [-0.3, -0.25) is 4.79 Å². The fourth-order valence-electron chi connectivity index (χ4n) is 2.90. The molecule has 0 aliphatic carbocycles. The summed E-state index contributed by atoms with van der Waals surface area (Å²) >= 11 is 1.37. The van der Waals surface area contributed by atoms with Gasteiger partial charge < -0.3 is 4.74 Å². The SMILES string of the molecule is CCCCCCOc1ccc(/C=N/NC(=O)c2sc(-c3ccccc3)nc2C)cc1. The first-order valence-electron chi connectivity index (χ1n) is 10.3. The molecular formula is C24H27N3O2S. The van der Waals surface area contributed by atoms with E-state index in [-0.39, 0.29) is 5.91 Å². The summed E-state index contributed by atoms with van der Waals surface area (Å²) in [5, 5.41) is 4.91. The lowest BCUT2D eigenvalue weighted by molar-refractivity contribution is 0.0958. The zero-order valence-electron chi connectivity index (χ0n) is 17.4. The Morgan fingerprint density at radius 1 is 1.10 bits per heavy atom. The first-order valence-corrected chi connectivity index (χ1v) is 11.1. The van der Waals surface area contributed by atoms with Crippen LogP contribution < -0.4 is 10.2 Å². The van der Waals surface area contributed by atoms with Gasteiger partial charge in [0.05, 0.1) is 18.5 Å². The molecule has 1 N–H and O–H groups in total. The molecular weight excluding hydrogens is 394 g/mol. The minimum Gasteiger partial charge on any atom is -0.494 e. The average Bonchev–Trinajstić information content (AvgIpc) is 3.17. The van der Waals surface area contributed by atoms with Crippen molar-refractivity contribution in [2.45, 2.75) is 39.5 Å². The summed E-state index contributed by atoms with van der Waals surface area (Å²) < 4.78 is 5.74. The lowest BCUT2D eigenvalue weighted by atomic mass is 10.2. The number of benzene rings is 2. The van der Waals surface area contributed by atoms with Crippen LogP contribution in [0.1, 0.15) is 53.5 Å². The van der Waals surface area contributed by atoms with Crippen LogP contribution in [-0.2, 0) is 0 Å². The van der Waals surface area contributed by atoms with E-state index in [1.165, 1.54) is 30.6 Å². The summed E-state index contributed by atoms with van der Waals surface area (Å²) in [4.78, 5) is 17.6. The van der Waals surface area contributed by atoms with Gasteiger partial charge in [0.25, 0.3) is 5.91 Å². The third-order valence-corrected chi connectivity index (χ3v) is 5.76. The Morgan fingerprint density at radius 3 is 2.60 bits per heavy atom. The Balaban J connectivity index is 1.52. The molecule has 30 heavy (non-hydrogen) atoms. The van der Waals surface area contributed by atoms with Gasteiger partial charge in [-0.15, -0.1) is 11.3 Å². The van der Waals surface area contributed by atoms with Crippen molar-refractivity contribution >= 4 is 23.5 Å². The van der Waals surface area contributed by atoms with E-state index in [4.69, 9.17) is 4.74 Å². The molecule has 1 heterocycles. The Morgan fingerprint density at radius 2 is 1.87 bits per heavy atom. The van der Waals surface area contributed by atoms with Gasteiger partial charge >= 0.3 is 0 Å². The van der Waals surface area contributed by atoms with Crippen LogP contribution in [0.25, 0.3) is 10.6 Å². The monoisotopic (exact) mass is 421 g/mol. The van der Waals surface area contributed by atoms with Crippen LogP contribution in [0.3, 0.4) is 0 Å². The summed E-state index contributed by atoms with van der Waals surface area (Å²) in [6.45, 7) is 4.77. The number of hydrogen-bond acceptors (Lipinski definition) is 5. The van der Waals surface area contributed by atoms with E-state index in [0.29, 0.717) is 10.6 Å². The van der Waals surface area contributed by atoms with E-state index in [0.717, 1.165) is 34.9 Å². The fraction of sp³-hybridized carbons (Fsp3) is 0.292. The Kier molecular flexibility index (Phi) is 8.15. The quantitative estimate of drug-likeness (QED) is 0.254. The molecule has 0 spiro atoms. The predicted molar refractivity (Wildman–Crippen MR) is 123 cm³/mol. The number of ether oxygens (including phenoxy) is 1. The number of carbonyl (C=O) groups excluding carboxylic acids is 1. The maximum absolute atomic E-state index is 12.5.